The second-order valence-corrected chi connectivity index (χ2v) is 5.69. The molecule has 1 aliphatic rings. The molecule has 0 aromatic rings. The summed E-state index contributed by atoms with van der Waals surface area (Å²) in [5.74, 6) is 0.661. The van der Waals surface area contributed by atoms with Crippen LogP contribution in [0.5, 0.6) is 0 Å². The Labute approximate surface area is 113 Å². The Kier molecular flexibility index (Phi) is 8.64. The lowest BCUT2D eigenvalue weighted by atomic mass is 9.98. The highest BCUT2D eigenvalue weighted by Gasteiger charge is 2.19. The van der Waals surface area contributed by atoms with E-state index in [0.717, 1.165) is 13.0 Å². The van der Waals surface area contributed by atoms with E-state index < -0.39 is 0 Å². The van der Waals surface area contributed by atoms with Gasteiger partial charge >= 0.3 is 0 Å². The summed E-state index contributed by atoms with van der Waals surface area (Å²) in [6.07, 6.45) is 7.27. The number of rotatable bonds is 9. The quantitative estimate of drug-likeness (QED) is 0.664. The van der Waals surface area contributed by atoms with E-state index in [1.165, 1.54) is 51.7 Å². The number of aliphatic hydroxyl groups excluding tert-OH is 1. The Morgan fingerprint density at radius 3 is 2.44 bits per heavy atom. The van der Waals surface area contributed by atoms with Crippen LogP contribution in [0.15, 0.2) is 0 Å². The van der Waals surface area contributed by atoms with Crippen molar-refractivity contribution in [2.24, 2.45) is 5.92 Å². The Morgan fingerprint density at radius 1 is 1.17 bits per heavy atom. The molecular weight excluding hydrogens is 224 g/mol. The first-order valence-electron chi connectivity index (χ1n) is 7.86. The zero-order chi connectivity index (χ0) is 13.2. The molecule has 1 atom stereocenters. The zero-order valence-corrected chi connectivity index (χ0v) is 12.3. The molecule has 1 unspecified atom stereocenters. The molecule has 18 heavy (non-hydrogen) atoms. The van der Waals surface area contributed by atoms with Gasteiger partial charge in [0.25, 0.3) is 0 Å². The van der Waals surface area contributed by atoms with Gasteiger partial charge in [-0.1, -0.05) is 20.3 Å². The second kappa shape index (κ2) is 9.76. The molecule has 1 aliphatic heterocycles. The molecule has 0 aromatic carbocycles. The van der Waals surface area contributed by atoms with Crippen LogP contribution in [0.1, 0.15) is 52.4 Å². The van der Waals surface area contributed by atoms with Crippen molar-refractivity contribution in [2.75, 3.05) is 32.8 Å². The maximum atomic E-state index is 9.06. The lowest BCUT2D eigenvalue weighted by molar-refractivity contribution is 0.189. The Morgan fingerprint density at radius 2 is 1.89 bits per heavy atom. The summed E-state index contributed by atoms with van der Waals surface area (Å²) in [4.78, 5) is 2.58. The van der Waals surface area contributed by atoms with Crippen molar-refractivity contribution in [1.82, 2.24) is 10.2 Å². The van der Waals surface area contributed by atoms with Crippen LogP contribution in [0.3, 0.4) is 0 Å². The summed E-state index contributed by atoms with van der Waals surface area (Å²) < 4.78 is 0. The lowest BCUT2D eigenvalue weighted by Crippen LogP contribution is -2.44. The molecule has 1 heterocycles. The maximum Gasteiger partial charge on any atom is 0.0434 e. The van der Waals surface area contributed by atoms with Crippen LogP contribution in [0, 0.1) is 5.92 Å². The topological polar surface area (TPSA) is 35.5 Å². The van der Waals surface area contributed by atoms with Gasteiger partial charge in [0.15, 0.2) is 0 Å². The molecule has 1 fully saturated rings. The van der Waals surface area contributed by atoms with E-state index in [0.29, 0.717) is 18.6 Å². The highest BCUT2D eigenvalue weighted by molar-refractivity contribution is 4.78. The first-order valence-corrected chi connectivity index (χ1v) is 7.86. The standard InChI is InChI=1S/C15H32N2O/c1-3-5-14(8-12-18)13-16-15-6-10-17(9-4-2)11-7-15/h14-16,18H,3-13H2,1-2H3. The predicted molar refractivity (Wildman–Crippen MR) is 77.9 cm³/mol. The fourth-order valence-electron chi connectivity index (χ4n) is 2.95. The summed E-state index contributed by atoms with van der Waals surface area (Å²) in [6.45, 7) is 9.68. The molecule has 1 saturated heterocycles. The molecule has 3 heteroatoms. The highest BCUT2D eigenvalue weighted by Crippen LogP contribution is 2.13. The predicted octanol–water partition coefficient (Wildman–Crippen LogP) is 2.25. The van der Waals surface area contributed by atoms with E-state index in [4.69, 9.17) is 5.11 Å². The largest absolute Gasteiger partial charge is 0.396 e. The first kappa shape index (κ1) is 15.9. The summed E-state index contributed by atoms with van der Waals surface area (Å²) >= 11 is 0. The van der Waals surface area contributed by atoms with Crippen LogP contribution in [-0.2, 0) is 0 Å². The third-order valence-electron chi connectivity index (χ3n) is 4.06. The van der Waals surface area contributed by atoms with Gasteiger partial charge < -0.3 is 15.3 Å². The van der Waals surface area contributed by atoms with E-state index in [9.17, 15) is 0 Å². The third-order valence-corrected chi connectivity index (χ3v) is 4.06. The van der Waals surface area contributed by atoms with Crippen LogP contribution < -0.4 is 5.32 Å². The second-order valence-electron chi connectivity index (χ2n) is 5.69. The summed E-state index contributed by atoms with van der Waals surface area (Å²) in [5, 5.41) is 12.8. The van der Waals surface area contributed by atoms with Crippen LogP contribution in [0.4, 0.5) is 0 Å². The lowest BCUT2D eigenvalue weighted by Gasteiger charge is -2.33. The Bertz CT molecular complexity index is 185. The zero-order valence-electron chi connectivity index (χ0n) is 12.3. The fraction of sp³-hybridized carbons (Fsp3) is 1.00. The van der Waals surface area contributed by atoms with Crippen molar-refractivity contribution in [3.63, 3.8) is 0 Å². The number of aliphatic hydroxyl groups is 1. The molecular formula is C15H32N2O. The van der Waals surface area contributed by atoms with Crippen molar-refractivity contribution in [3.05, 3.63) is 0 Å². The van der Waals surface area contributed by atoms with Gasteiger partial charge in [0, 0.05) is 12.6 Å². The van der Waals surface area contributed by atoms with Crippen molar-refractivity contribution >= 4 is 0 Å². The smallest absolute Gasteiger partial charge is 0.0434 e. The fourth-order valence-corrected chi connectivity index (χ4v) is 2.95. The molecule has 0 bridgehead atoms. The van der Waals surface area contributed by atoms with Crippen LogP contribution >= 0.6 is 0 Å². The van der Waals surface area contributed by atoms with Gasteiger partial charge in [-0.25, -0.2) is 0 Å². The molecule has 3 nitrogen and oxygen atoms in total. The van der Waals surface area contributed by atoms with Crippen LogP contribution in [0.25, 0.3) is 0 Å². The number of nitrogens with one attached hydrogen (secondary N) is 1. The van der Waals surface area contributed by atoms with E-state index in [-0.39, 0.29) is 0 Å². The molecule has 0 aromatic heterocycles. The average molecular weight is 256 g/mol. The number of nitrogens with zero attached hydrogens (tertiary/aromatic N) is 1. The minimum Gasteiger partial charge on any atom is -0.396 e. The SMILES string of the molecule is CCCC(CCO)CNC1CCN(CCC)CC1. The molecule has 1 rings (SSSR count). The van der Waals surface area contributed by atoms with Crippen molar-refractivity contribution < 1.29 is 5.11 Å². The number of hydrogen-bond acceptors (Lipinski definition) is 3. The molecule has 0 radical (unpaired) electrons. The van der Waals surface area contributed by atoms with Gasteiger partial charge in [-0.3, -0.25) is 0 Å². The van der Waals surface area contributed by atoms with Crippen molar-refractivity contribution in [1.29, 1.82) is 0 Å². The number of likely N-dealkylation sites (tertiary alicyclic amines) is 1. The maximum absolute atomic E-state index is 9.06. The molecule has 0 saturated carbocycles. The van der Waals surface area contributed by atoms with Gasteiger partial charge in [0.05, 0.1) is 0 Å². The third kappa shape index (κ3) is 6.17. The first-order chi connectivity index (χ1) is 8.80. The normalized spacial score (nSPS) is 20.2. The molecule has 0 spiro atoms. The molecule has 0 amide bonds. The highest BCUT2D eigenvalue weighted by atomic mass is 16.3. The Hall–Kier alpha value is -0.120. The average Bonchev–Trinajstić information content (AvgIpc) is 2.38. The summed E-state index contributed by atoms with van der Waals surface area (Å²) in [7, 11) is 0. The Balaban J connectivity index is 2.15. The summed E-state index contributed by atoms with van der Waals surface area (Å²) in [5.41, 5.74) is 0. The molecule has 0 aliphatic carbocycles. The minimum absolute atomic E-state index is 0.335. The van der Waals surface area contributed by atoms with Crippen molar-refractivity contribution in [2.45, 2.75) is 58.4 Å². The van der Waals surface area contributed by atoms with E-state index in [1.807, 2.05) is 0 Å². The number of piperidine rings is 1. The van der Waals surface area contributed by atoms with Gasteiger partial charge in [0.2, 0.25) is 0 Å². The van der Waals surface area contributed by atoms with E-state index in [2.05, 4.69) is 24.1 Å². The van der Waals surface area contributed by atoms with Gasteiger partial charge in [-0.15, -0.1) is 0 Å². The van der Waals surface area contributed by atoms with E-state index >= 15 is 0 Å². The van der Waals surface area contributed by atoms with E-state index in [1.54, 1.807) is 0 Å². The van der Waals surface area contributed by atoms with Crippen LogP contribution in [-0.4, -0.2) is 48.8 Å². The van der Waals surface area contributed by atoms with Gasteiger partial charge in [0.1, 0.15) is 0 Å². The molecule has 2 N–H and O–H groups in total. The van der Waals surface area contributed by atoms with Gasteiger partial charge in [-0.05, 0) is 64.2 Å². The molecule has 108 valence electrons. The van der Waals surface area contributed by atoms with Crippen LogP contribution in [0.2, 0.25) is 0 Å². The number of hydrogen-bond donors (Lipinski definition) is 2. The van der Waals surface area contributed by atoms with Crippen molar-refractivity contribution in [3.8, 4) is 0 Å². The van der Waals surface area contributed by atoms with Gasteiger partial charge in [-0.2, -0.15) is 0 Å². The minimum atomic E-state index is 0.335. The summed E-state index contributed by atoms with van der Waals surface area (Å²) in [6, 6.07) is 0.705. The monoisotopic (exact) mass is 256 g/mol.